The van der Waals surface area contributed by atoms with Crippen LogP contribution in [0.1, 0.15) is 113 Å². The number of carboxylic acids is 3. The second kappa shape index (κ2) is 30.3. The summed E-state index contributed by atoms with van der Waals surface area (Å²) in [6.07, 6.45) is -3.33. The van der Waals surface area contributed by atoms with E-state index in [4.69, 9.17) is 27.4 Å². The van der Waals surface area contributed by atoms with Crippen molar-refractivity contribution in [2.45, 2.75) is 167 Å². The van der Waals surface area contributed by atoms with Crippen molar-refractivity contribution in [3.8, 4) is 0 Å². The fourth-order valence-corrected chi connectivity index (χ4v) is 6.35. The van der Waals surface area contributed by atoms with Crippen LogP contribution < -0.4 is 54.4 Å². The molecule has 0 fully saturated rings. The maximum absolute atomic E-state index is 14.0. The van der Waals surface area contributed by atoms with E-state index in [0.29, 0.717) is 12.8 Å². The number of hydrogen-bond donors (Lipinski definition) is 14. The minimum absolute atomic E-state index is 0.000795. The number of rotatable bonds is 33. The summed E-state index contributed by atoms with van der Waals surface area (Å²) in [5.74, 6) is -12.9. The first-order valence-corrected chi connectivity index (χ1v) is 21.8. The van der Waals surface area contributed by atoms with Crippen LogP contribution in [-0.4, -0.2) is 147 Å². The van der Waals surface area contributed by atoms with Gasteiger partial charge in [0.1, 0.15) is 42.3 Å². The van der Waals surface area contributed by atoms with Gasteiger partial charge in [0.25, 0.3) is 0 Å². The van der Waals surface area contributed by atoms with Crippen LogP contribution in [0.4, 0.5) is 0 Å². The molecule has 0 radical (unpaired) electrons. The molecule has 0 bridgehead atoms. The van der Waals surface area contributed by atoms with Crippen molar-refractivity contribution in [1.29, 1.82) is 0 Å². The molecule has 0 heterocycles. The molecule has 0 rings (SSSR count). The quantitative estimate of drug-likeness (QED) is 0.0286. The lowest BCUT2D eigenvalue weighted by atomic mass is 9.99. The molecule has 376 valence electrons. The normalized spacial score (nSPS) is 15.3. The molecule has 0 saturated heterocycles. The summed E-state index contributed by atoms with van der Waals surface area (Å²) >= 11 is 0. The number of nitrogens with two attached hydrogens (primary N) is 3. The number of unbranched alkanes of at least 4 members (excludes halogenated alkanes) is 1. The van der Waals surface area contributed by atoms with Crippen molar-refractivity contribution in [2.75, 3.05) is 6.54 Å². The van der Waals surface area contributed by atoms with Gasteiger partial charge in [-0.2, -0.15) is 0 Å². The Labute approximate surface area is 383 Å². The Kier molecular flexibility index (Phi) is 27.6. The molecular formula is C41H72N10O15. The molecule has 0 saturated carbocycles. The third kappa shape index (κ3) is 24.4. The molecule has 0 aliphatic carbocycles. The highest BCUT2D eigenvalue weighted by molar-refractivity contribution is 5.98. The Hall–Kier alpha value is -5.95. The molecule has 25 nitrogen and oxygen atoms in total. The monoisotopic (exact) mass is 945 g/mol. The summed E-state index contributed by atoms with van der Waals surface area (Å²) in [5.41, 5.74) is 16.8. The van der Waals surface area contributed by atoms with Crippen LogP contribution in [0.2, 0.25) is 0 Å². The van der Waals surface area contributed by atoms with E-state index < -0.39 is 139 Å². The molecule has 0 aliphatic rings. The number of nitrogens with one attached hydrogen (secondary N) is 7. The Balaban J connectivity index is 6.53. The van der Waals surface area contributed by atoms with Gasteiger partial charge < -0.3 is 74.8 Å². The van der Waals surface area contributed by atoms with E-state index in [1.807, 2.05) is 5.32 Å². The summed E-state index contributed by atoms with van der Waals surface area (Å²) in [6, 6.07) is -12.1. The molecule has 66 heavy (non-hydrogen) atoms. The van der Waals surface area contributed by atoms with E-state index in [1.165, 1.54) is 6.92 Å². The molecule has 17 N–H and O–H groups in total. The van der Waals surface area contributed by atoms with Gasteiger partial charge in [-0.15, -0.1) is 0 Å². The molecule has 8 amide bonds. The zero-order chi connectivity index (χ0) is 51.0. The highest BCUT2D eigenvalue weighted by atomic mass is 16.4. The van der Waals surface area contributed by atoms with Crippen molar-refractivity contribution >= 4 is 65.2 Å². The Morgan fingerprint density at radius 3 is 1.26 bits per heavy atom. The first-order valence-electron chi connectivity index (χ1n) is 21.8. The minimum atomic E-state index is -1.93. The zero-order valence-electron chi connectivity index (χ0n) is 38.7. The van der Waals surface area contributed by atoms with Gasteiger partial charge in [-0.3, -0.25) is 47.9 Å². The predicted octanol–water partition coefficient (Wildman–Crippen LogP) is -3.35. The van der Waals surface area contributed by atoms with Gasteiger partial charge in [-0.05, 0) is 76.2 Å². The van der Waals surface area contributed by atoms with Crippen LogP contribution in [-0.2, 0) is 52.7 Å². The Morgan fingerprint density at radius 2 is 0.864 bits per heavy atom. The standard InChI is InChI=1S/C41H72N10O15/c1-19(2)14-25(36(60)48-26(15-20(3)4)37(61)49-28(17-30(44)53)38(62)50-29(41(65)66)18-32(56)57)47-35(59)24(10-8-9-13-42)45-40(64)33(22(7)52)51-39(63)27(16-21(5)6)46-34(58)23(43)11-12-31(54)55/h19-29,33,52H,8-18,42-43H2,1-7H3,(H2,44,53)(H,45,64)(H,46,58)(H,47,59)(H,48,60)(H,49,61)(H,50,62)(H,51,63)(H,54,55)(H,56,57)(H,65,66)/t22-,23+,24+,25+,26+,27+,28+,29+,33+/m1/s1. The number of amides is 8. The van der Waals surface area contributed by atoms with E-state index in [9.17, 15) is 63.0 Å². The average molecular weight is 945 g/mol. The van der Waals surface area contributed by atoms with Crippen molar-refractivity contribution in [2.24, 2.45) is 35.0 Å². The Morgan fingerprint density at radius 1 is 0.470 bits per heavy atom. The first kappa shape index (κ1) is 60.1. The molecular weight excluding hydrogens is 873 g/mol. The molecule has 0 unspecified atom stereocenters. The summed E-state index contributed by atoms with van der Waals surface area (Å²) in [6.45, 7) is 11.8. The number of carbonyl (C=O) groups excluding carboxylic acids is 8. The lowest BCUT2D eigenvalue weighted by Crippen LogP contribution is -2.62. The van der Waals surface area contributed by atoms with Gasteiger partial charge in [-0.25, -0.2) is 4.79 Å². The summed E-state index contributed by atoms with van der Waals surface area (Å²) in [4.78, 5) is 140. The molecule has 0 aliphatic heterocycles. The van der Waals surface area contributed by atoms with Gasteiger partial charge in [-0.1, -0.05) is 41.5 Å². The van der Waals surface area contributed by atoms with Gasteiger partial charge in [0, 0.05) is 6.42 Å². The second-order valence-corrected chi connectivity index (χ2v) is 17.4. The van der Waals surface area contributed by atoms with Crippen molar-refractivity contribution < 1.29 is 73.2 Å². The zero-order valence-corrected chi connectivity index (χ0v) is 38.7. The fourth-order valence-electron chi connectivity index (χ4n) is 6.35. The second-order valence-electron chi connectivity index (χ2n) is 17.4. The number of carboxylic acid groups (broad SMARTS) is 3. The molecule has 0 spiro atoms. The molecule has 0 aromatic carbocycles. The maximum atomic E-state index is 14.0. The minimum Gasteiger partial charge on any atom is -0.481 e. The van der Waals surface area contributed by atoms with E-state index in [2.05, 4.69) is 31.9 Å². The molecule has 0 aromatic heterocycles. The van der Waals surface area contributed by atoms with Gasteiger partial charge >= 0.3 is 17.9 Å². The maximum Gasteiger partial charge on any atom is 0.326 e. The topological polar surface area (TPSA) is 431 Å². The lowest BCUT2D eigenvalue weighted by molar-refractivity contribution is -0.147. The number of aliphatic hydroxyl groups excluding tert-OH is 1. The third-order valence-corrected chi connectivity index (χ3v) is 9.70. The smallest absolute Gasteiger partial charge is 0.326 e. The van der Waals surface area contributed by atoms with Crippen molar-refractivity contribution in [3.63, 3.8) is 0 Å². The highest BCUT2D eigenvalue weighted by Gasteiger charge is 2.36. The highest BCUT2D eigenvalue weighted by Crippen LogP contribution is 2.13. The van der Waals surface area contributed by atoms with Gasteiger partial charge in [0.05, 0.1) is 25.0 Å². The molecule has 25 heteroatoms. The summed E-state index contributed by atoms with van der Waals surface area (Å²) in [5, 5.41) is 54.8. The van der Waals surface area contributed by atoms with E-state index in [0.717, 1.165) is 0 Å². The Bertz CT molecular complexity index is 1690. The average Bonchev–Trinajstić information content (AvgIpc) is 3.18. The van der Waals surface area contributed by atoms with Crippen LogP contribution in [0.3, 0.4) is 0 Å². The predicted molar refractivity (Wildman–Crippen MR) is 235 cm³/mol. The summed E-state index contributed by atoms with van der Waals surface area (Å²) in [7, 11) is 0. The van der Waals surface area contributed by atoms with Crippen molar-refractivity contribution in [1.82, 2.24) is 37.2 Å². The number of hydrogen-bond acceptors (Lipinski definition) is 14. The van der Waals surface area contributed by atoms with Crippen molar-refractivity contribution in [3.05, 3.63) is 0 Å². The third-order valence-electron chi connectivity index (χ3n) is 9.70. The number of aliphatic hydroxyl groups is 1. The van der Waals surface area contributed by atoms with Crippen LogP contribution in [0.5, 0.6) is 0 Å². The first-order chi connectivity index (χ1) is 30.6. The molecule has 9 atom stereocenters. The number of carbonyl (C=O) groups is 11. The fraction of sp³-hybridized carbons (Fsp3) is 0.732. The van der Waals surface area contributed by atoms with Gasteiger partial charge in [0.2, 0.25) is 47.3 Å². The van der Waals surface area contributed by atoms with E-state index >= 15 is 0 Å². The van der Waals surface area contributed by atoms with Crippen LogP contribution >= 0.6 is 0 Å². The largest absolute Gasteiger partial charge is 0.481 e. The van der Waals surface area contributed by atoms with E-state index in [-0.39, 0.29) is 56.4 Å². The molecule has 0 aromatic rings. The van der Waals surface area contributed by atoms with E-state index in [1.54, 1.807) is 41.5 Å². The van der Waals surface area contributed by atoms with Crippen LogP contribution in [0.25, 0.3) is 0 Å². The summed E-state index contributed by atoms with van der Waals surface area (Å²) < 4.78 is 0. The van der Waals surface area contributed by atoms with Crippen LogP contribution in [0.15, 0.2) is 0 Å². The SMILES string of the molecule is CC(C)C[C@H](NC(=O)[C@H](CC(C)C)NC(=O)[C@H](CCCCN)NC(=O)[C@@H](NC(=O)[C@H](CC(C)C)NC(=O)[C@@H](N)CCC(=O)O)[C@@H](C)O)C(=O)N[C@@H](CC(N)=O)C(=O)N[C@@H](CC(=O)O)C(=O)O. The lowest BCUT2D eigenvalue weighted by Gasteiger charge is -2.29. The van der Waals surface area contributed by atoms with Crippen LogP contribution in [0, 0.1) is 17.8 Å². The van der Waals surface area contributed by atoms with Gasteiger partial charge in [0.15, 0.2) is 0 Å². The number of primary amides is 1. The number of aliphatic carboxylic acids is 3.